The van der Waals surface area contributed by atoms with Crippen LogP contribution >= 0.6 is 7.80 Å². The number of rotatable bonds is 11. The Morgan fingerprint density at radius 3 is 1.71 bits per heavy atom. The van der Waals surface area contributed by atoms with E-state index in [1.165, 1.54) is 14.2 Å². The van der Waals surface area contributed by atoms with Crippen LogP contribution in [0, 0.1) is 0 Å². The van der Waals surface area contributed by atoms with Gasteiger partial charge in [-0.25, -0.2) is 4.79 Å². The van der Waals surface area contributed by atoms with E-state index in [-0.39, 0.29) is 28.4 Å². The van der Waals surface area contributed by atoms with Crippen LogP contribution in [0.5, 0.6) is 23.0 Å². The molecule has 3 rings (SSSR count). The maximum atomic E-state index is 14.2. The molecule has 1 aliphatic rings. The molecule has 0 N–H and O–H groups in total. The number of hydrogen-bond donors (Lipinski definition) is 0. The Morgan fingerprint density at radius 2 is 1.26 bits per heavy atom. The van der Waals surface area contributed by atoms with Gasteiger partial charge in [-0.2, -0.15) is 0 Å². The fourth-order valence-corrected chi connectivity index (χ4v) is 6.37. The van der Waals surface area contributed by atoms with E-state index in [9.17, 15) is 14.2 Å². The molecule has 0 heterocycles. The van der Waals surface area contributed by atoms with Crippen LogP contribution in [0.4, 0.5) is 0 Å². The summed E-state index contributed by atoms with van der Waals surface area (Å²) in [5.41, 5.74) is -0.308. The zero-order valence-electron chi connectivity index (χ0n) is 20.2. The smallest absolute Gasteiger partial charge is 0.434 e. The summed E-state index contributed by atoms with van der Waals surface area (Å²) in [5.74, 6) is 0.887. The number of carbonyl (C=O) groups is 2. The Labute approximate surface area is 201 Å². The lowest BCUT2D eigenvalue weighted by Gasteiger charge is -2.28. The van der Waals surface area contributed by atoms with Crippen LogP contribution in [0.3, 0.4) is 0 Å². The van der Waals surface area contributed by atoms with Gasteiger partial charge in [-0.05, 0) is 51.0 Å². The zero-order chi connectivity index (χ0) is 24.7. The molecule has 0 radical (unpaired) electrons. The second kappa shape index (κ2) is 11.5. The third-order valence-electron chi connectivity index (χ3n) is 6.13. The Balaban J connectivity index is 2.15. The molecule has 1 saturated carbocycles. The van der Waals surface area contributed by atoms with E-state index >= 15 is 0 Å². The largest absolute Gasteiger partial charge is 0.496 e. The van der Waals surface area contributed by atoms with Gasteiger partial charge in [0.25, 0.3) is 0 Å². The number of carbonyl (C=O) groups excluding carboxylic acids is 2. The van der Waals surface area contributed by atoms with Crippen LogP contribution in [0.15, 0.2) is 36.4 Å². The minimum Gasteiger partial charge on any atom is -0.496 e. The van der Waals surface area contributed by atoms with Gasteiger partial charge in [0.2, 0.25) is 10.9 Å². The van der Waals surface area contributed by atoms with Crippen molar-refractivity contribution in [3.05, 3.63) is 47.5 Å². The van der Waals surface area contributed by atoms with Crippen molar-refractivity contribution >= 4 is 19.1 Å². The van der Waals surface area contributed by atoms with Gasteiger partial charge in [-0.1, -0.05) is 23.1 Å². The van der Waals surface area contributed by atoms with Crippen LogP contribution in [0.2, 0.25) is 0 Å². The van der Waals surface area contributed by atoms with Crippen molar-refractivity contribution in [3.8, 4) is 23.0 Å². The molecule has 7 nitrogen and oxygen atoms in total. The molecule has 1 atom stereocenters. The number of hydrogen-bond acceptors (Lipinski definition) is 7. The van der Waals surface area contributed by atoms with Crippen molar-refractivity contribution in [1.29, 1.82) is 0 Å². The Hall–Kier alpha value is -2.92. The number of benzene rings is 2. The maximum absolute atomic E-state index is 14.2. The quantitative estimate of drug-likeness (QED) is 0.281. The first-order valence-electron chi connectivity index (χ1n) is 11.6. The SMILES string of the molecule is CCOc1cccc(OCC)c1C(=O)C1([P+](=O)C(=O)c2c(OC)cccc2OC)CCCCC1. The predicted octanol–water partition coefficient (Wildman–Crippen LogP) is 6.05. The molecule has 8 heteroatoms. The summed E-state index contributed by atoms with van der Waals surface area (Å²) in [5, 5.41) is -1.37. The van der Waals surface area contributed by atoms with Gasteiger partial charge in [-0.3, -0.25) is 4.79 Å². The van der Waals surface area contributed by atoms with E-state index in [1.807, 2.05) is 13.8 Å². The van der Waals surface area contributed by atoms with E-state index in [0.717, 1.165) is 6.42 Å². The van der Waals surface area contributed by atoms with Gasteiger partial charge in [0.05, 0.1) is 27.4 Å². The molecule has 1 fully saturated rings. The van der Waals surface area contributed by atoms with Gasteiger partial charge in [0.1, 0.15) is 28.6 Å². The summed E-state index contributed by atoms with van der Waals surface area (Å²) >= 11 is 0. The normalized spacial score (nSPS) is 15.2. The lowest BCUT2D eigenvalue weighted by Crippen LogP contribution is -2.39. The summed E-state index contributed by atoms with van der Waals surface area (Å²) < 4.78 is 36.4. The Morgan fingerprint density at radius 1 is 0.794 bits per heavy atom. The predicted molar refractivity (Wildman–Crippen MR) is 130 cm³/mol. The first-order valence-corrected chi connectivity index (χ1v) is 12.9. The standard InChI is InChI=1S/C26H32O7P/c1-5-32-20-14-11-15-21(33-6-2)22(20)24(27)26(16-8-7-9-17-26)34(29)25(28)23-18(30-3)12-10-13-19(23)31-4/h10-15H,5-9,16-17H2,1-4H3/q+1. The number of ketones is 1. The highest BCUT2D eigenvalue weighted by Gasteiger charge is 2.61. The molecule has 2 aromatic carbocycles. The van der Waals surface area contributed by atoms with Crippen LogP contribution in [0.25, 0.3) is 0 Å². The van der Waals surface area contributed by atoms with E-state index in [1.54, 1.807) is 36.4 Å². The topological polar surface area (TPSA) is 88.1 Å². The average molecular weight is 488 g/mol. The van der Waals surface area contributed by atoms with Crippen molar-refractivity contribution in [2.24, 2.45) is 0 Å². The molecule has 34 heavy (non-hydrogen) atoms. The number of Topliss-reactive ketones (excluding diaryl/α,β-unsaturated/α-hetero) is 1. The molecular weight excluding hydrogens is 455 g/mol. The second-order valence-corrected chi connectivity index (χ2v) is 9.90. The molecule has 0 spiro atoms. The molecule has 0 aliphatic heterocycles. The number of methoxy groups -OCH3 is 2. The van der Waals surface area contributed by atoms with Crippen LogP contribution < -0.4 is 18.9 Å². The van der Waals surface area contributed by atoms with Crippen LogP contribution in [0.1, 0.15) is 66.7 Å². The molecule has 0 saturated heterocycles. The fourth-order valence-electron chi connectivity index (χ4n) is 4.54. The summed E-state index contributed by atoms with van der Waals surface area (Å²) in [6.07, 6.45) is 3.00. The third kappa shape index (κ3) is 4.80. The second-order valence-electron chi connectivity index (χ2n) is 8.05. The van der Waals surface area contributed by atoms with Gasteiger partial charge >= 0.3 is 13.3 Å². The van der Waals surface area contributed by atoms with E-state index in [0.29, 0.717) is 50.4 Å². The first-order chi connectivity index (χ1) is 16.4. The van der Waals surface area contributed by atoms with Gasteiger partial charge in [0.15, 0.2) is 5.56 Å². The third-order valence-corrected chi connectivity index (χ3v) is 8.15. The maximum Gasteiger partial charge on any atom is 0.434 e. The Bertz CT molecular complexity index is 1010. The van der Waals surface area contributed by atoms with Crippen LogP contribution in [-0.2, 0) is 4.57 Å². The summed E-state index contributed by atoms with van der Waals surface area (Å²) in [4.78, 5) is 27.9. The van der Waals surface area contributed by atoms with Gasteiger partial charge < -0.3 is 18.9 Å². The highest BCUT2D eigenvalue weighted by Crippen LogP contribution is 2.55. The highest BCUT2D eigenvalue weighted by atomic mass is 31.1. The number of ether oxygens (including phenoxy) is 4. The van der Waals surface area contributed by atoms with E-state index < -0.39 is 18.5 Å². The highest BCUT2D eigenvalue weighted by molar-refractivity contribution is 7.67. The molecule has 0 amide bonds. The van der Waals surface area contributed by atoms with E-state index in [4.69, 9.17) is 18.9 Å². The van der Waals surface area contributed by atoms with E-state index in [2.05, 4.69) is 0 Å². The lowest BCUT2D eigenvalue weighted by molar-refractivity contribution is 0.0895. The minimum atomic E-state index is -2.68. The van der Waals surface area contributed by atoms with Crippen LogP contribution in [-0.4, -0.2) is 43.9 Å². The molecule has 2 aromatic rings. The van der Waals surface area contributed by atoms with Gasteiger partial charge in [0, 0.05) is 12.8 Å². The molecular formula is C26H32O7P+. The average Bonchev–Trinajstić information content (AvgIpc) is 2.87. The molecule has 0 aromatic heterocycles. The Kier molecular flexibility index (Phi) is 8.67. The van der Waals surface area contributed by atoms with Crippen molar-refractivity contribution in [1.82, 2.24) is 0 Å². The van der Waals surface area contributed by atoms with Crippen molar-refractivity contribution in [3.63, 3.8) is 0 Å². The summed E-state index contributed by atoms with van der Waals surface area (Å²) in [7, 11) is 0.194. The molecule has 0 bridgehead atoms. The van der Waals surface area contributed by atoms with Gasteiger partial charge in [-0.15, -0.1) is 0 Å². The molecule has 1 aliphatic carbocycles. The lowest BCUT2D eigenvalue weighted by atomic mass is 9.82. The summed E-state index contributed by atoms with van der Waals surface area (Å²) in [6.45, 7) is 4.37. The fraction of sp³-hybridized carbons (Fsp3) is 0.462. The molecule has 182 valence electrons. The summed E-state index contributed by atoms with van der Waals surface area (Å²) in [6, 6.07) is 10.1. The van der Waals surface area contributed by atoms with Crippen molar-refractivity contribution in [2.75, 3.05) is 27.4 Å². The first kappa shape index (κ1) is 25.7. The van der Waals surface area contributed by atoms with Crippen molar-refractivity contribution in [2.45, 2.75) is 51.1 Å². The molecule has 1 unspecified atom stereocenters. The monoisotopic (exact) mass is 487 g/mol. The zero-order valence-corrected chi connectivity index (χ0v) is 21.1. The van der Waals surface area contributed by atoms with Crippen molar-refractivity contribution < 1.29 is 33.1 Å². The minimum absolute atomic E-state index is 0.0921.